The topological polar surface area (TPSA) is 111 Å². The molecule has 1 atom stereocenters. The summed E-state index contributed by atoms with van der Waals surface area (Å²) in [4.78, 5) is 25.7. The van der Waals surface area contributed by atoms with Crippen LogP contribution in [0.4, 0.5) is 16.3 Å². The minimum atomic E-state index is -0.312. The smallest absolute Gasteiger partial charge is 0.234 e. The number of thioether (sulfide) groups is 2. The highest BCUT2D eigenvalue weighted by Crippen LogP contribution is 2.39. The number of amides is 1. The number of hydrogen-bond acceptors (Lipinski definition) is 8. The van der Waals surface area contributed by atoms with E-state index in [1.165, 1.54) is 6.07 Å². The Bertz CT molecular complexity index is 742. The normalized spacial score (nSPS) is 17.2. The molecule has 0 radical (unpaired) electrons. The van der Waals surface area contributed by atoms with Gasteiger partial charge in [-0.1, -0.05) is 30.0 Å². The number of benzene rings is 1. The van der Waals surface area contributed by atoms with Crippen LogP contribution in [0.5, 0.6) is 0 Å². The maximum atomic E-state index is 14.0. The molecule has 1 fully saturated rings. The molecule has 0 spiro atoms. The minimum absolute atomic E-state index is 0.0124. The van der Waals surface area contributed by atoms with E-state index < -0.39 is 0 Å². The van der Waals surface area contributed by atoms with Crippen molar-refractivity contribution in [2.75, 3.05) is 29.5 Å². The lowest BCUT2D eigenvalue weighted by Crippen LogP contribution is -2.32. The number of carbonyl (C=O) groups excluding carboxylic acids is 1. The number of rotatable bonds is 4. The van der Waals surface area contributed by atoms with Crippen molar-refractivity contribution in [2.45, 2.75) is 10.5 Å². The van der Waals surface area contributed by atoms with Gasteiger partial charge < -0.3 is 16.4 Å². The third-order valence-corrected chi connectivity index (χ3v) is 5.43. The van der Waals surface area contributed by atoms with E-state index in [1.54, 1.807) is 34.9 Å². The second-order valence-electron chi connectivity index (χ2n) is 4.95. The molecule has 126 valence electrons. The average molecular weight is 366 g/mol. The van der Waals surface area contributed by atoms with Gasteiger partial charge in [0, 0.05) is 17.9 Å². The number of nitrogens with two attached hydrogens (primary N) is 2. The molecule has 2 heterocycles. The van der Waals surface area contributed by atoms with Crippen molar-refractivity contribution in [1.29, 1.82) is 0 Å². The van der Waals surface area contributed by atoms with Crippen LogP contribution in [-0.2, 0) is 4.79 Å². The van der Waals surface area contributed by atoms with Crippen LogP contribution in [0.1, 0.15) is 10.9 Å². The first-order valence-electron chi connectivity index (χ1n) is 7.10. The summed E-state index contributed by atoms with van der Waals surface area (Å²) in [5, 5.41) is -0.0181. The number of nitrogen functional groups attached to an aromatic ring is 2. The van der Waals surface area contributed by atoms with Crippen molar-refractivity contribution in [2.24, 2.45) is 0 Å². The molecule has 4 N–H and O–H groups in total. The fraction of sp³-hybridized carbons (Fsp3) is 0.286. The molecular weight excluding hydrogens is 351 g/mol. The Hall–Kier alpha value is -2.07. The summed E-state index contributed by atoms with van der Waals surface area (Å²) in [6, 6.07) is 6.52. The lowest BCUT2D eigenvalue weighted by molar-refractivity contribution is -0.128. The second kappa shape index (κ2) is 7.22. The van der Waals surface area contributed by atoms with Crippen LogP contribution in [0.2, 0.25) is 0 Å². The maximum absolute atomic E-state index is 14.0. The molecule has 2 aromatic rings. The molecule has 24 heavy (non-hydrogen) atoms. The van der Waals surface area contributed by atoms with Gasteiger partial charge in [-0.2, -0.15) is 15.0 Å². The summed E-state index contributed by atoms with van der Waals surface area (Å²) in [5.74, 6) is 0.489. The number of aromatic nitrogens is 3. The van der Waals surface area contributed by atoms with E-state index in [9.17, 15) is 9.18 Å². The molecule has 1 aromatic heterocycles. The van der Waals surface area contributed by atoms with Crippen LogP contribution >= 0.6 is 23.5 Å². The highest BCUT2D eigenvalue weighted by atomic mass is 32.2. The van der Waals surface area contributed by atoms with Gasteiger partial charge in [0.15, 0.2) is 5.16 Å². The van der Waals surface area contributed by atoms with Crippen LogP contribution in [0.25, 0.3) is 0 Å². The molecular formula is C14H15FN6OS2. The van der Waals surface area contributed by atoms with E-state index in [0.29, 0.717) is 17.3 Å². The molecule has 1 unspecified atom stereocenters. The number of anilines is 2. The Kier molecular flexibility index (Phi) is 5.05. The summed E-state index contributed by atoms with van der Waals surface area (Å²) < 4.78 is 14.0. The van der Waals surface area contributed by atoms with Crippen molar-refractivity contribution in [3.8, 4) is 0 Å². The zero-order valence-electron chi connectivity index (χ0n) is 12.6. The monoisotopic (exact) mass is 366 g/mol. The lowest BCUT2D eigenvalue weighted by Gasteiger charge is -2.24. The van der Waals surface area contributed by atoms with E-state index in [2.05, 4.69) is 15.0 Å². The van der Waals surface area contributed by atoms with Gasteiger partial charge in [0.25, 0.3) is 0 Å². The summed E-state index contributed by atoms with van der Waals surface area (Å²) in [7, 11) is 0. The van der Waals surface area contributed by atoms with Gasteiger partial charge in [-0.05, 0) is 6.07 Å². The fourth-order valence-corrected chi connectivity index (χ4v) is 4.35. The van der Waals surface area contributed by atoms with E-state index >= 15 is 0 Å². The molecule has 0 bridgehead atoms. The molecule has 0 saturated carbocycles. The standard InChI is InChI=1S/C14H15FN6OS2/c15-9-4-2-1-3-8(9)11-21(5-6-23-11)10(22)7-24-14-19-12(16)18-13(17)20-14/h1-4,11H,5-7H2,(H4,16,17,18,19,20). The first-order chi connectivity index (χ1) is 11.5. The van der Waals surface area contributed by atoms with E-state index in [1.807, 2.05) is 0 Å². The zero-order valence-corrected chi connectivity index (χ0v) is 14.2. The number of hydrogen-bond donors (Lipinski definition) is 2. The molecule has 1 aromatic carbocycles. The van der Waals surface area contributed by atoms with Gasteiger partial charge in [-0.3, -0.25) is 4.79 Å². The molecule has 1 saturated heterocycles. The molecule has 3 rings (SSSR count). The molecule has 1 aliphatic rings. The van der Waals surface area contributed by atoms with Crippen LogP contribution in [0.3, 0.4) is 0 Å². The van der Waals surface area contributed by atoms with E-state index in [4.69, 9.17) is 11.5 Å². The quantitative estimate of drug-likeness (QED) is 0.784. The van der Waals surface area contributed by atoms with Crippen LogP contribution in [0.15, 0.2) is 29.4 Å². The van der Waals surface area contributed by atoms with Crippen molar-refractivity contribution in [1.82, 2.24) is 19.9 Å². The van der Waals surface area contributed by atoms with Gasteiger partial charge in [0.2, 0.25) is 17.8 Å². The fourth-order valence-electron chi connectivity index (χ4n) is 2.32. The highest BCUT2D eigenvalue weighted by molar-refractivity contribution is 8.00. The largest absolute Gasteiger partial charge is 0.368 e. The second-order valence-corrected chi connectivity index (χ2v) is 7.09. The number of nitrogens with zero attached hydrogens (tertiary/aromatic N) is 4. The van der Waals surface area contributed by atoms with Crippen LogP contribution in [0, 0.1) is 5.82 Å². The molecule has 7 nitrogen and oxygen atoms in total. The Morgan fingerprint density at radius 3 is 2.71 bits per heavy atom. The first-order valence-corrected chi connectivity index (χ1v) is 9.13. The van der Waals surface area contributed by atoms with Gasteiger partial charge in [-0.25, -0.2) is 4.39 Å². The van der Waals surface area contributed by atoms with E-state index in [0.717, 1.165) is 17.5 Å². The molecule has 0 aliphatic carbocycles. The molecule has 1 aliphatic heterocycles. The summed E-state index contributed by atoms with van der Waals surface area (Å²) in [5.41, 5.74) is 11.5. The Labute approximate surface area is 146 Å². The Balaban J connectivity index is 1.69. The molecule has 10 heteroatoms. The van der Waals surface area contributed by atoms with Crippen LogP contribution in [-0.4, -0.2) is 43.8 Å². The maximum Gasteiger partial charge on any atom is 0.234 e. The van der Waals surface area contributed by atoms with Crippen molar-refractivity contribution >= 4 is 41.3 Å². The zero-order chi connectivity index (χ0) is 17.1. The summed E-state index contributed by atoms with van der Waals surface area (Å²) in [6.07, 6.45) is 0. The third-order valence-electron chi connectivity index (χ3n) is 3.36. The summed E-state index contributed by atoms with van der Waals surface area (Å²) in [6.45, 7) is 0.574. The number of carbonyl (C=O) groups is 1. The molecule has 1 amide bonds. The van der Waals surface area contributed by atoms with Crippen molar-refractivity contribution in [3.63, 3.8) is 0 Å². The number of halogens is 1. The lowest BCUT2D eigenvalue weighted by atomic mass is 10.2. The van der Waals surface area contributed by atoms with Gasteiger partial charge in [-0.15, -0.1) is 11.8 Å². The van der Waals surface area contributed by atoms with Gasteiger partial charge in [0.1, 0.15) is 11.2 Å². The average Bonchev–Trinajstić information content (AvgIpc) is 3.01. The Morgan fingerprint density at radius 1 is 1.29 bits per heavy atom. The minimum Gasteiger partial charge on any atom is -0.368 e. The first kappa shape index (κ1) is 16.8. The highest BCUT2D eigenvalue weighted by Gasteiger charge is 2.32. The predicted octanol–water partition coefficient (Wildman–Crippen LogP) is 1.54. The third kappa shape index (κ3) is 3.70. The predicted molar refractivity (Wildman–Crippen MR) is 92.7 cm³/mol. The van der Waals surface area contributed by atoms with Crippen molar-refractivity contribution < 1.29 is 9.18 Å². The van der Waals surface area contributed by atoms with Crippen molar-refractivity contribution in [3.05, 3.63) is 35.6 Å². The Morgan fingerprint density at radius 2 is 2.00 bits per heavy atom. The van der Waals surface area contributed by atoms with Gasteiger partial charge >= 0.3 is 0 Å². The van der Waals surface area contributed by atoms with Crippen LogP contribution < -0.4 is 11.5 Å². The van der Waals surface area contributed by atoms with Gasteiger partial charge in [0.05, 0.1) is 5.75 Å². The SMILES string of the molecule is Nc1nc(N)nc(SCC(=O)N2CCSC2c2ccccc2F)n1. The summed E-state index contributed by atoms with van der Waals surface area (Å²) >= 11 is 2.68. The van der Waals surface area contributed by atoms with E-state index in [-0.39, 0.29) is 34.7 Å².